The van der Waals surface area contributed by atoms with Crippen molar-refractivity contribution in [2.45, 2.75) is 31.3 Å². The van der Waals surface area contributed by atoms with Crippen LogP contribution in [0.1, 0.15) is 28.8 Å². The van der Waals surface area contributed by atoms with E-state index >= 15 is 0 Å². The predicted molar refractivity (Wildman–Crippen MR) is 107 cm³/mol. The highest BCUT2D eigenvalue weighted by atomic mass is 35.5. The van der Waals surface area contributed by atoms with E-state index in [0.717, 1.165) is 31.5 Å². The van der Waals surface area contributed by atoms with Gasteiger partial charge in [-0.05, 0) is 49.2 Å². The summed E-state index contributed by atoms with van der Waals surface area (Å²) in [7, 11) is 0. The van der Waals surface area contributed by atoms with Gasteiger partial charge in [0, 0.05) is 29.6 Å². The van der Waals surface area contributed by atoms with Crippen LogP contribution >= 0.6 is 11.6 Å². The number of halogens is 1. The standard InChI is InChI=1S/C21H24ClN3O2/c22-17-10-8-16(9-11-17)20(26)25-19(13-15-5-2-1-3-6-15)21(27)24-18-7-4-12-23-14-18/h1-3,5-6,8-11,18-19,23H,4,7,12-14H2,(H,24,27)(H,25,26)/t18-,19?/m0/s1. The smallest absolute Gasteiger partial charge is 0.251 e. The van der Waals surface area contributed by atoms with E-state index in [1.165, 1.54) is 0 Å². The van der Waals surface area contributed by atoms with Crippen molar-refractivity contribution in [1.82, 2.24) is 16.0 Å². The molecule has 3 N–H and O–H groups in total. The van der Waals surface area contributed by atoms with Crippen LogP contribution in [0, 0.1) is 0 Å². The van der Waals surface area contributed by atoms with Crippen LogP contribution in [-0.2, 0) is 11.2 Å². The second-order valence-electron chi connectivity index (χ2n) is 6.77. The molecule has 6 heteroatoms. The molecule has 0 aromatic heterocycles. The summed E-state index contributed by atoms with van der Waals surface area (Å²) in [5, 5.41) is 9.79. The van der Waals surface area contributed by atoms with Gasteiger partial charge in [-0.2, -0.15) is 0 Å². The molecular formula is C21H24ClN3O2. The molecule has 0 bridgehead atoms. The largest absolute Gasteiger partial charge is 0.350 e. The molecule has 27 heavy (non-hydrogen) atoms. The Kier molecular flexibility index (Phi) is 6.85. The molecule has 5 nitrogen and oxygen atoms in total. The summed E-state index contributed by atoms with van der Waals surface area (Å²) in [6.07, 6.45) is 2.42. The number of hydrogen-bond acceptors (Lipinski definition) is 3. The minimum Gasteiger partial charge on any atom is -0.350 e. The maximum Gasteiger partial charge on any atom is 0.251 e. The van der Waals surface area contributed by atoms with Gasteiger partial charge in [0.1, 0.15) is 6.04 Å². The molecule has 3 rings (SSSR count). The molecule has 1 aliphatic heterocycles. The Bertz CT molecular complexity index is 759. The van der Waals surface area contributed by atoms with Crippen LogP contribution in [0.15, 0.2) is 54.6 Å². The van der Waals surface area contributed by atoms with Crippen LogP contribution in [0.4, 0.5) is 0 Å². The number of piperidine rings is 1. The van der Waals surface area contributed by atoms with E-state index in [0.29, 0.717) is 17.0 Å². The first-order valence-electron chi connectivity index (χ1n) is 9.23. The molecule has 2 amide bonds. The van der Waals surface area contributed by atoms with Gasteiger partial charge in [-0.1, -0.05) is 41.9 Å². The lowest BCUT2D eigenvalue weighted by Gasteiger charge is -2.26. The summed E-state index contributed by atoms with van der Waals surface area (Å²) in [5.74, 6) is -0.445. The van der Waals surface area contributed by atoms with E-state index < -0.39 is 6.04 Å². The van der Waals surface area contributed by atoms with Crippen molar-refractivity contribution in [3.63, 3.8) is 0 Å². The van der Waals surface area contributed by atoms with E-state index in [4.69, 9.17) is 11.6 Å². The topological polar surface area (TPSA) is 70.2 Å². The Morgan fingerprint density at radius 1 is 1.11 bits per heavy atom. The molecule has 2 aromatic rings. The van der Waals surface area contributed by atoms with Crippen molar-refractivity contribution >= 4 is 23.4 Å². The van der Waals surface area contributed by atoms with E-state index in [-0.39, 0.29) is 17.9 Å². The Balaban J connectivity index is 1.70. The summed E-state index contributed by atoms with van der Waals surface area (Å²) in [4.78, 5) is 25.5. The maximum absolute atomic E-state index is 12.9. The quantitative estimate of drug-likeness (QED) is 0.715. The second kappa shape index (κ2) is 9.53. The molecule has 0 aliphatic carbocycles. The lowest BCUT2D eigenvalue weighted by Crippen LogP contribution is -2.53. The van der Waals surface area contributed by atoms with Crippen LogP contribution in [0.2, 0.25) is 5.02 Å². The Labute approximate surface area is 164 Å². The Morgan fingerprint density at radius 3 is 2.52 bits per heavy atom. The molecule has 142 valence electrons. The third kappa shape index (κ3) is 5.81. The third-order valence-corrected chi connectivity index (χ3v) is 4.91. The second-order valence-corrected chi connectivity index (χ2v) is 7.21. The molecule has 0 spiro atoms. The lowest BCUT2D eigenvalue weighted by atomic mass is 10.0. The molecule has 1 saturated heterocycles. The van der Waals surface area contributed by atoms with Gasteiger partial charge in [-0.3, -0.25) is 9.59 Å². The number of rotatable bonds is 6. The summed E-state index contributed by atoms with van der Waals surface area (Å²) in [5.41, 5.74) is 1.47. The highest BCUT2D eigenvalue weighted by molar-refractivity contribution is 6.30. The fourth-order valence-electron chi connectivity index (χ4n) is 3.18. The number of carbonyl (C=O) groups is 2. The normalized spacial score (nSPS) is 17.7. The molecule has 1 fully saturated rings. The molecule has 1 aliphatic rings. The van der Waals surface area contributed by atoms with Crippen molar-refractivity contribution in [1.29, 1.82) is 0 Å². The third-order valence-electron chi connectivity index (χ3n) is 4.65. The van der Waals surface area contributed by atoms with Crippen molar-refractivity contribution in [2.24, 2.45) is 0 Å². The van der Waals surface area contributed by atoms with E-state index in [2.05, 4.69) is 16.0 Å². The Hall–Kier alpha value is -2.37. The molecule has 2 aromatic carbocycles. The molecule has 1 heterocycles. The molecule has 2 atom stereocenters. The van der Waals surface area contributed by atoms with Crippen LogP contribution in [0.5, 0.6) is 0 Å². The number of amides is 2. The van der Waals surface area contributed by atoms with Crippen molar-refractivity contribution in [2.75, 3.05) is 13.1 Å². The van der Waals surface area contributed by atoms with Crippen LogP contribution < -0.4 is 16.0 Å². The summed E-state index contributed by atoms with van der Waals surface area (Å²) in [6, 6.07) is 15.8. The van der Waals surface area contributed by atoms with Crippen molar-refractivity contribution < 1.29 is 9.59 Å². The average Bonchev–Trinajstić information content (AvgIpc) is 2.69. The van der Waals surface area contributed by atoms with Gasteiger partial charge in [0.2, 0.25) is 5.91 Å². The highest BCUT2D eigenvalue weighted by Crippen LogP contribution is 2.11. The van der Waals surface area contributed by atoms with Crippen LogP contribution in [0.25, 0.3) is 0 Å². The van der Waals surface area contributed by atoms with Crippen LogP contribution in [0.3, 0.4) is 0 Å². The zero-order valence-electron chi connectivity index (χ0n) is 15.1. The minimum absolute atomic E-state index is 0.0944. The fourth-order valence-corrected chi connectivity index (χ4v) is 3.30. The van der Waals surface area contributed by atoms with E-state index in [9.17, 15) is 9.59 Å². The van der Waals surface area contributed by atoms with Crippen LogP contribution in [-0.4, -0.2) is 37.0 Å². The number of nitrogens with one attached hydrogen (secondary N) is 3. The van der Waals surface area contributed by atoms with Crippen molar-refractivity contribution in [3.8, 4) is 0 Å². The van der Waals surface area contributed by atoms with Gasteiger partial charge < -0.3 is 16.0 Å². The fraction of sp³-hybridized carbons (Fsp3) is 0.333. The van der Waals surface area contributed by atoms with Gasteiger partial charge in [0.05, 0.1) is 0 Å². The van der Waals surface area contributed by atoms with Gasteiger partial charge in [0.25, 0.3) is 5.91 Å². The van der Waals surface area contributed by atoms with Gasteiger partial charge in [-0.15, -0.1) is 0 Å². The van der Waals surface area contributed by atoms with Crippen molar-refractivity contribution in [3.05, 3.63) is 70.7 Å². The van der Waals surface area contributed by atoms with Gasteiger partial charge in [0.15, 0.2) is 0 Å². The summed E-state index contributed by atoms with van der Waals surface area (Å²) < 4.78 is 0. The first-order valence-corrected chi connectivity index (χ1v) is 9.61. The van der Waals surface area contributed by atoms with Gasteiger partial charge >= 0.3 is 0 Å². The number of carbonyl (C=O) groups excluding carboxylic acids is 2. The highest BCUT2D eigenvalue weighted by Gasteiger charge is 2.25. The first kappa shape index (κ1) is 19.4. The lowest BCUT2D eigenvalue weighted by molar-refractivity contribution is -0.123. The minimum atomic E-state index is -0.641. The molecule has 0 radical (unpaired) electrons. The van der Waals surface area contributed by atoms with Gasteiger partial charge in [-0.25, -0.2) is 0 Å². The predicted octanol–water partition coefficient (Wildman–Crippen LogP) is 2.55. The number of benzene rings is 2. The van der Waals surface area contributed by atoms with E-state index in [1.54, 1.807) is 24.3 Å². The molecular weight excluding hydrogens is 362 g/mol. The Morgan fingerprint density at radius 2 is 1.85 bits per heavy atom. The number of hydrogen-bond donors (Lipinski definition) is 3. The molecule has 0 saturated carbocycles. The summed E-state index contributed by atoms with van der Waals surface area (Å²) >= 11 is 5.89. The monoisotopic (exact) mass is 385 g/mol. The molecule has 1 unspecified atom stereocenters. The van der Waals surface area contributed by atoms with E-state index in [1.807, 2.05) is 30.3 Å². The zero-order valence-corrected chi connectivity index (χ0v) is 15.8. The maximum atomic E-state index is 12.9. The summed E-state index contributed by atoms with van der Waals surface area (Å²) in [6.45, 7) is 1.74. The average molecular weight is 386 g/mol. The first-order chi connectivity index (χ1) is 13.1. The zero-order chi connectivity index (χ0) is 19.1. The SMILES string of the molecule is O=C(NC(Cc1ccccc1)C(=O)N[C@H]1CCCNC1)c1ccc(Cl)cc1.